The molecule has 2 N–H and O–H groups in total. The van der Waals surface area contributed by atoms with Crippen LogP contribution in [0.5, 0.6) is 0 Å². The topological polar surface area (TPSA) is 83.8 Å². The first-order chi connectivity index (χ1) is 8.89. The van der Waals surface area contributed by atoms with Gasteiger partial charge in [0.1, 0.15) is 6.54 Å². The zero-order valence-electron chi connectivity index (χ0n) is 12.7. The van der Waals surface area contributed by atoms with Crippen molar-refractivity contribution in [2.45, 2.75) is 39.2 Å². The molecule has 1 saturated heterocycles. The third-order valence-corrected chi connectivity index (χ3v) is 2.60. The van der Waals surface area contributed by atoms with Crippen LogP contribution in [0.1, 0.15) is 33.1 Å². The van der Waals surface area contributed by atoms with Crippen LogP contribution < -0.4 is 0 Å². The first-order valence-electron chi connectivity index (χ1n) is 6.57. The van der Waals surface area contributed by atoms with Crippen LogP contribution in [0.4, 0.5) is 0 Å². The number of carboxylic acid groups (broad SMARTS) is 1. The van der Waals surface area contributed by atoms with Gasteiger partial charge in [-0.2, -0.15) is 0 Å². The van der Waals surface area contributed by atoms with Gasteiger partial charge in [-0.25, -0.2) is 0 Å². The summed E-state index contributed by atoms with van der Waals surface area (Å²) in [5.74, 6) is -1.36. The number of likely N-dealkylation sites (tertiary alicyclic amines) is 1. The Balaban J connectivity index is 0. The van der Waals surface area contributed by atoms with Crippen LogP contribution in [0.2, 0.25) is 0 Å². The molecule has 0 radical (unpaired) electrons. The zero-order valence-corrected chi connectivity index (χ0v) is 12.7. The van der Waals surface area contributed by atoms with Gasteiger partial charge in [0, 0.05) is 13.5 Å². The van der Waals surface area contributed by atoms with Crippen LogP contribution in [0.3, 0.4) is 0 Å². The first-order valence-corrected chi connectivity index (χ1v) is 6.57. The Bertz CT molecular complexity index is 266. The number of carbonyl (C=O) groups excluding carboxylic acids is 1. The van der Waals surface area contributed by atoms with E-state index in [0.717, 1.165) is 31.1 Å². The van der Waals surface area contributed by atoms with Crippen LogP contribution in [0, 0.1) is 0 Å². The minimum absolute atomic E-state index is 0.0285. The fourth-order valence-electron chi connectivity index (χ4n) is 1.78. The van der Waals surface area contributed by atoms with Crippen molar-refractivity contribution in [2.75, 3.05) is 34.3 Å². The molecular weight excluding hydrogens is 250 g/mol. The number of ether oxygens (including phenoxy) is 1. The number of carbonyl (C=O) groups is 2. The number of likely N-dealkylation sites (N-methyl/N-ethyl adjacent to an activating group) is 1. The lowest BCUT2D eigenvalue weighted by molar-refractivity contribution is -0.879. The van der Waals surface area contributed by atoms with Crippen LogP contribution in [-0.4, -0.2) is 67.0 Å². The van der Waals surface area contributed by atoms with Crippen LogP contribution >= 0.6 is 0 Å². The number of carboxylic acids is 1. The van der Waals surface area contributed by atoms with Gasteiger partial charge in [0.05, 0.1) is 33.5 Å². The third kappa shape index (κ3) is 10.5. The van der Waals surface area contributed by atoms with Gasteiger partial charge in [0.15, 0.2) is 6.10 Å². The van der Waals surface area contributed by atoms with Gasteiger partial charge in [-0.05, 0) is 0 Å². The first kappa shape index (κ1) is 20.2. The second-order valence-corrected chi connectivity index (χ2v) is 4.64. The highest BCUT2D eigenvalue weighted by molar-refractivity contribution is 5.76. The molecule has 114 valence electrons. The SMILES string of the molecule is CC.CO.C[N+]1(C)CCC(OC(=O)CCC(=O)O)C1. The summed E-state index contributed by atoms with van der Waals surface area (Å²) in [5.41, 5.74) is 0. The molecule has 0 aromatic rings. The van der Waals surface area contributed by atoms with Crippen molar-refractivity contribution in [1.82, 2.24) is 0 Å². The quantitative estimate of drug-likeness (QED) is 0.589. The summed E-state index contributed by atoms with van der Waals surface area (Å²) < 4.78 is 6.04. The monoisotopic (exact) mass is 278 g/mol. The number of nitrogens with zero attached hydrogens (tertiary/aromatic N) is 1. The van der Waals surface area contributed by atoms with Gasteiger partial charge in [0.25, 0.3) is 0 Å². The van der Waals surface area contributed by atoms with Crippen LogP contribution in [-0.2, 0) is 14.3 Å². The molecular formula is C13H28NO5+. The number of hydrogen-bond acceptors (Lipinski definition) is 4. The smallest absolute Gasteiger partial charge is 0.306 e. The van der Waals surface area contributed by atoms with Crippen molar-refractivity contribution < 1.29 is 29.0 Å². The summed E-state index contributed by atoms with van der Waals surface area (Å²) in [4.78, 5) is 21.5. The fraction of sp³-hybridized carbons (Fsp3) is 0.846. The molecule has 1 unspecified atom stereocenters. The largest absolute Gasteiger partial charge is 0.481 e. The van der Waals surface area contributed by atoms with E-state index in [2.05, 4.69) is 14.1 Å². The summed E-state index contributed by atoms with van der Waals surface area (Å²) in [7, 11) is 5.18. The third-order valence-electron chi connectivity index (χ3n) is 2.60. The molecule has 0 aliphatic carbocycles. The lowest BCUT2D eigenvalue weighted by Gasteiger charge is -2.22. The molecule has 0 amide bonds. The summed E-state index contributed by atoms with van der Waals surface area (Å²) >= 11 is 0. The van der Waals surface area contributed by atoms with E-state index in [9.17, 15) is 9.59 Å². The second-order valence-electron chi connectivity index (χ2n) is 4.64. The van der Waals surface area contributed by atoms with Gasteiger partial charge in [-0.3, -0.25) is 9.59 Å². The number of esters is 1. The Morgan fingerprint density at radius 1 is 1.21 bits per heavy atom. The predicted molar refractivity (Wildman–Crippen MR) is 72.7 cm³/mol. The number of hydrogen-bond donors (Lipinski definition) is 2. The Labute approximate surface area is 115 Å². The summed E-state index contributed by atoms with van der Waals surface area (Å²) in [6.45, 7) is 5.82. The number of quaternary nitrogens is 1. The Morgan fingerprint density at radius 3 is 2.11 bits per heavy atom. The highest BCUT2D eigenvalue weighted by Crippen LogP contribution is 2.17. The van der Waals surface area contributed by atoms with Crippen molar-refractivity contribution >= 4 is 11.9 Å². The highest BCUT2D eigenvalue weighted by Gasteiger charge is 2.33. The molecule has 1 rings (SSSR count). The molecule has 0 aromatic carbocycles. The molecule has 1 heterocycles. The molecule has 1 fully saturated rings. The molecule has 1 aliphatic heterocycles. The van der Waals surface area contributed by atoms with Gasteiger partial charge >= 0.3 is 11.9 Å². The molecule has 1 aliphatic rings. The molecule has 19 heavy (non-hydrogen) atoms. The van der Waals surface area contributed by atoms with Gasteiger partial charge in [-0.1, -0.05) is 13.8 Å². The minimum atomic E-state index is -0.963. The summed E-state index contributed by atoms with van der Waals surface area (Å²) in [5, 5.41) is 15.4. The fourth-order valence-corrected chi connectivity index (χ4v) is 1.78. The normalized spacial score (nSPS) is 19.4. The highest BCUT2D eigenvalue weighted by atomic mass is 16.5. The van der Waals surface area contributed by atoms with Crippen molar-refractivity contribution in [3.05, 3.63) is 0 Å². The van der Waals surface area contributed by atoms with E-state index >= 15 is 0 Å². The molecule has 6 nitrogen and oxygen atoms in total. The molecule has 0 bridgehead atoms. The van der Waals surface area contributed by atoms with Crippen molar-refractivity contribution in [3.63, 3.8) is 0 Å². The zero-order chi connectivity index (χ0) is 15.5. The molecule has 0 aromatic heterocycles. The van der Waals surface area contributed by atoms with E-state index in [0.29, 0.717) is 0 Å². The number of aliphatic carboxylic acids is 1. The van der Waals surface area contributed by atoms with Crippen LogP contribution in [0.15, 0.2) is 0 Å². The Hall–Kier alpha value is -1.14. The van der Waals surface area contributed by atoms with E-state index in [1.54, 1.807) is 0 Å². The maximum atomic E-state index is 11.2. The maximum absolute atomic E-state index is 11.2. The summed E-state index contributed by atoms with van der Waals surface area (Å²) in [6.07, 6.45) is 0.649. The number of rotatable bonds is 4. The van der Waals surface area contributed by atoms with E-state index in [4.69, 9.17) is 14.9 Å². The number of aliphatic hydroxyl groups excluding tert-OH is 1. The van der Waals surface area contributed by atoms with E-state index in [1.807, 2.05) is 13.8 Å². The van der Waals surface area contributed by atoms with Crippen molar-refractivity contribution in [1.29, 1.82) is 0 Å². The Kier molecular flexibility index (Phi) is 11.4. The molecule has 1 atom stereocenters. The standard InChI is InChI=1S/C10H17NO4.C2H6.CH4O/c1-11(2)6-5-8(7-11)15-10(14)4-3-9(12)13;2*1-2/h8H,3-7H2,1-2H3;1-2H3;2H,1H3/p+1. The maximum Gasteiger partial charge on any atom is 0.306 e. The second kappa shape index (κ2) is 10.8. The van der Waals surface area contributed by atoms with Crippen molar-refractivity contribution in [3.8, 4) is 0 Å². The van der Waals surface area contributed by atoms with Gasteiger partial charge < -0.3 is 19.4 Å². The van der Waals surface area contributed by atoms with E-state index < -0.39 is 11.9 Å². The minimum Gasteiger partial charge on any atom is -0.481 e. The van der Waals surface area contributed by atoms with E-state index in [-0.39, 0.29) is 18.9 Å². The Morgan fingerprint density at radius 2 is 1.74 bits per heavy atom. The van der Waals surface area contributed by atoms with Crippen molar-refractivity contribution in [2.24, 2.45) is 0 Å². The van der Waals surface area contributed by atoms with Gasteiger partial charge in [0.2, 0.25) is 0 Å². The summed E-state index contributed by atoms with van der Waals surface area (Å²) in [6, 6.07) is 0. The molecule has 0 saturated carbocycles. The lowest BCUT2D eigenvalue weighted by Crippen LogP contribution is -2.38. The van der Waals surface area contributed by atoms with E-state index in [1.165, 1.54) is 0 Å². The van der Waals surface area contributed by atoms with Crippen LogP contribution in [0.25, 0.3) is 0 Å². The van der Waals surface area contributed by atoms with Gasteiger partial charge in [-0.15, -0.1) is 0 Å². The number of aliphatic hydroxyl groups is 1. The molecule has 0 spiro atoms. The average Bonchev–Trinajstić information content (AvgIpc) is 2.71. The average molecular weight is 278 g/mol. The molecule has 6 heteroatoms. The lowest BCUT2D eigenvalue weighted by atomic mass is 10.3. The predicted octanol–water partition coefficient (Wildman–Crippen LogP) is 0.878.